The van der Waals surface area contributed by atoms with E-state index in [0.29, 0.717) is 11.2 Å². The highest BCUT2D eigenvalue weighted by Crippen LogP contribution is 2.39. The van der Waals surface area contributed by atoms with Gasteiger partial charge in [0.15, 0.2) is 10.2 Å². The molecular formula is C22H22N4O5S2. The molecule has 2 bridgehead atoms. The fourth-order valence-electron chi connectivity index (χ4n) is 4.45. The number of sulfonamides is 1. The Hall–Kier alpha value is -3.31. The minimum Gasteiger partial charge on any atom is -0.495 e. The van der Waals surface area contributed by atoms with Crippen LogP contribution in [0.3, 0.4) is 0 Å². The Labute approximate surface area is 195 Å². The van der Waals surface area contributed by atoms with Gasteiger partial charge in [-0.2, -0.15) is 8.42 Å². The standard InChI is InChI=1S/C22H22N4O5S2/c1-31-19-9-14(21(27)28)7-8-18(19)24-33(29,30)20-13-32-22(23-20)26-12-16-10-17(26)11-25(16)15-5-3-2-4-6-15/h2-9,13,16-17,24H,10-12H2,1H3,(H,27,28)/t16-,17-/m0/s1. The van der Waals surface area contributed by atoms with E-state index < -0.39 is 16.0 Å². The number of rotatable bonds is 7. The molecule has 0 unspecified atom stereocenters. The zero-order valence-corrected chi connectivity index (χ0v) is 19.3. The Morgan fingerprint density at radius 1 is 1.15 bits per heavy atom. The normalized spacial score (nSPS) is 19.7. The van der Waals surface area contributed by atoms with Crippen molar-refractivity contribution < 1.29 is 23.1 Å². The number of carboxylic acid groups (broad SMARTS) is 1. The third kappa shape index (κ3) is 3.98. The van der Waals surface area contributed by atoms with Gasteiger partial charge in [-0.15, -0.1) is 11.3 Å². The Balaban J connectivity index is 1.32. The second kappa shape index (κ2) is 8.23. The molecule has 2 saturated heterocycles. The lowest BCUT2D eigenvalue weighted by molar-refractivity contribution is 0.0696. The summed E-state index contributed by atoms with van der Waals surface area (Å²) in [6.07, 6.45) is 1.02. The number of ether oxygens (including phenoxy) is 1. The molecule has 2 aromatic carbocycles. The number of methoxy groups -OCH3 is 1. The van der Waals surface area contributed by atoms with Crippen LogP contribution >= 0.6 is 11.3 Å². The highest BCUT2D eigenvalue weighted by Gasteiger charge is 2.44. The summed E-state index contributed by atoms with van der Waals surface area (Å²) >= 11 is 1.31. The van der Waals surface area contributed by atoms with Gasteiger partial charge in [-0.05, 0) is 36.8 Å². The SMILES string of the molecule is COc1cc(C(=O)O)ccc1NS(=O)(=O)c1csc(N2C[C@@H]3C[C@H]2CN3c2ccccc2)n1. The van der Waals surface area contributed by atoms with Crippen molar-refractivity contribution in [2.75, 3.05) is 34.7 Å². The molecule has 2 fully saturated rings. The van der Waals surface area contributed by atoms with Gasteiger partial charge in [-0.3, -0.25) is 4.72 Å². The number of carbonyl (C=O) groups is 1. The minimum absolute atomic E-state index is 0.000579. The largest absolute Gasteiger partial charge is 0.495 e. The highest BCUT2D eigenvalue weighted by atomic mass is 32.2. The molecule has 5 rings (SSSR count). The maximum Gasteiger partial charge on any atom is 0.335 e. The van der Waals surface area contributed by atoms with Gasteiger partial charge in [0.25, 0.3) is 10.0 Å². The van der Waals surface area contributed by atoms with Crippen molar-refractivity contribution in [2.45, 2.75) is 23.5 Å². The summed E-state index contributed by atoms with van der Waals surface area (Å²) in [6, 6.07) is 14.9. The van der Waals surface area contributed by atoms with E-state index in [1.807, 2.05) is 18.2 Å². The number of hydrogen-bond acceptors (Lipinski definition) is 8. The van der Waals surface area contributed by atoms with Crippen molar-refractivity contribution in [2.24, 2.45) is 0 Å². The summed E-state index contributed by atoms with van der Waals surface area (Å²) < 4.78 is 33.5. The number of nitrogens with zero attached hydrogens (tertiary/aromatic N) is 3. The van der Waals surface area contributed by atoms with Crippen LogP contribution in [0, 0.1) is 0 Å². The third-order valence-electron chi connectivity index (χ3n) is 6.01. The second-order valence-electron chi connectivity index (χ2n) is 7.98. The molecule has 11 heteroatoms. The third-order valence-corrected chi connectivity index (χ3v) is 8.29. The molecule has 172 valence electrons. The Morgan fingerprint density at radius 3 is 2.55 bits per heavy atom. The van der Waals surface area contributed by atoms with Crippen LogP contribution in [0.25, 0.3) is 0 Å². The first-order chi connectivity index (χ1) is 15.9. The summed E-state index contributed by atoms with van der Waals surface area (Å²) in [5, 5.41) is 11.3. The molecule has 0 amide bonds. The number of carboxylic acids is 1. The van der Waals surface area contributed by atoms with Gasteiger partial charge in [-0.25, -0.2) is 9.78 Å². The number of hydrogen-bond donors (Lipinski definition) is 2. The van der Waals surface area contributed by atoms with Gasteiger partial charge in [0, 0.05) is 30.2 Å². The van der Waals surface area contributed by atoms with E-state index >= 15 is 0 Å². The Bertz CT molecular complexity index is 1300. The minimum atomic E-state index is -3.97. The molecule has 2 aliphatic heterocycles. The van der Waals surface area contributed by atoms with Crippen LogP contribution in [0.5, 0.6) is 5.75 Å². The molecule has 0 saturated carbocycles. The number of benzene rings is 2. The van der Waals surface area contributed by atoms with Crippen LogP contribution < -0.4 is 19.3 Å². The van der Waals surface area contributed by atoms with E-state index in [-0.39, 0.29) is 28.1 Å². The number of aromatic nitrogens is 1. The fourth-order valence-corrected chi connectivity index (χ4v) is 6.70. The average Bonchev–Trinajstić information content (AvgIpc) is 3.55. The summed E-state index contributed by atoms with van der Waals surface area (Å²) in [4.78, 5) is 20.2. The van der Waals surface area contributed by atoms with Gasteiger partial charge in [-0.1, -0.05) is 18.2 Å². The predicted octanol–water partition coefficient (Wildman–Crippen LogP) is 3.12. The lowest BCUT2D eigenvalue weighted by atomic mass is 10.2. The van der Waals surface area contributed by atoms with Gasteiger partial charge in [0.05, 0.1) is 24.4 Å². The van der Waals surface area contributed by atoms with E-state index in [2.05, 4.69) is 31.6 Å². The molecule has 2 atom stereocenters. The zero-order valence-electron chi connectivity index (χ0n) is 17.7. The molecule has 1 aromatic heterocycles. The number of para-hydroxylation sites is 1. The van der Waals surface area contributed by atoms with Crippen LogP contribution in [-0.2, 0) is 10.0 Å². The maximum atomic E-state index is 12.9. The monoisotopic (exact) mass is 486 g/mol. The van der Waals surface area contributed by atoms with Crippen LogP contribution in [0.15, 0.2) is 58.9 Å². The average molecular weight is 487 g/mol. The molecule has 0 spiro atoms. The van der Waals surface area contributed by atoms with Crippen molar-refractivity contribution in [3.05, 3.63) is 59.5 Å². The number of piperazine rings is 1. The molecule has 3 aromatic rings. The molecule has 2 N–H and O–H groups in total. The molecule has 0 aliphatic carbocycles. The van der Waals surface area contributed by atoms with E-state index in [1.165, 1.54) is 47.7 Å². The van der Waals surface area contributed by atoms with Crippen molar-refractivity contribution in [3.8, 4) is 5.75 Å². The fraction of sp³-hybridized carbons (Fsp3) is 0.273. The predicted molar refractivity (Wildman–Crippen MR) is 126 cm³/mol. The molecule has 2 aliphatic rings. The van der Waals surface area contributed by atoms with Gasteiger partial charge >= 0.3 is 5.97 Å². The highest BCUT2D eigenvalue weighted by molar-refractivity contribution is 7.92. The smallest absolute Gasteiger partial charge is 0.335 e. The number of fused-ring (bicyclic) bond motifs is 2. The summed E-state index contributed by atoms with van der Waals surface area (Å²) in [6.45, 7) is 1.67. The first kappa shape index (κ1) is 21.5. The number of aromatic carboxylic acids is 1. The van der Waals surface area contributed by atoms with Crippen LogP contribution in [-0.4, -0.2) is 56.8 Å². The molecule has 9 nitrogen and oxygen atoms in total. The first-order valence-corrected chi connectivity index (χ1v) is 12.7. The lowest BCUT2D eigenvalue weighted by Gasteiger charge is -2.35. The zero-order chi connectivity index (χ0) is 23.2. The van der Waals surface area contributed by atoms with Crippen LogP contribution in [0.1, 0.15) is 16.8 Å². The maximum absolute atomic E-state index is 12.9. The van der Waals surface area contributed by atoms with Crippen molar-refractivity contribution in [1.82, 2.24) is 4.98 Å². The summed E-state index contributed by atoms with van der Waals surface area (Å²) in [5.41, 5.74) is 1.36. The van der Waals surface area contributed by atoms with Gasteiger partial charge in [0.1, 0.15) is 5.75 Å². The van der Waals surface area contributed by atoms with E-state index in [4.69, 9.17) is 9.84 Å². The molecule has 33 heavy (non-hydrogen) atoms. The van der Waals surface area contributed by atoms with Crippen molar-refractivity contribution in [3.63, 3.8) is 0 Å². The second-order valence-corrected chi connectivity index (χ2v) is 10.4. The van der Waals surface area contributed by atoms with E-state index in [0.717, 1.165) is 19.5 Å². The molecule has 3 heterocycles. The number of nitrogens with one attached hydrogen (secondary N) is 1. The van der Waals surface area contributed by atoms with Crippen LogP contribution in [0.4, 0.5) is 16.5 Å². The van der Waals surface area contributed by atoms with Crippen molar-refractivity contribution >= 4 is 43.8 Å². The Morgan fingerprint density at radius 2 is 1.88 bits per heavy atom. The topological polar surface area (TPSA) is 112 Å². The molecular weight excluding hydrogens is 464 g/mol. The summed E-state index contributed by atoms with van der Waals surface area (Å²) in [7, 11) is -2.62. The van der Waals surface area contributed by atoms with Gasteiger partial charge < -0.3 is 19.6 Å². The first-order valence-electron chi connectivity index (χ1n) is 10.3. The van der Waals surface area contributed by atoms with Gasteiger partial charge in [0.2, 0.25) is 0 Å². The van der Waals surface area contributed by atoms with E-state index in [9.17, 15) is 13.2 Å². The number of thiazole rings is 1. The van der Waals surface area contributed by atoms with Crippen LogP contribution in [0.2, 0.25) is 0 Å². The summed E-state index contributed by atoms with van der Waals surface area (Å²) in [5.74, 6) is -1.01. The number of anilines is 3. The Kier molecular flexibility index (Phi) is 5.37. The van der Waals surface area contributed by atoms with Crippen molar-refractivity contribution in [1.29, 1.82) is 0 Å². The molecule has 0 radical (unpaired) electrons. The van der Waals surface area contributed by atoms with E-state index in [1.54, 1.807) is 0 Å². The lowest BCUT2D eigenvalue weighted by Crippen LogP contribution is -2.46. The quantitative estimate of drug-likeness (QED) is 0.524.